The van der Waals surface area contributed by atoms with Gasteiger partial charge in [-0.05, 0) is 38.8 Å². The number of benzene rings is 1. The molecule has 0 saturated carbocycles. The van der Waals surface area contributed by atoms with Crippen LogP contribution in [0.2, 0.25) is 0 Å². The highest BCUT2D eigenvalue weighted by Gasteiger charge is 2.42. The van der Waals surface area contributed by atoms with Crippen molar-refractivity contribution in [2.75, 3.05) is 19.6 Å². The SMILES string of the molecule is CCCCN1CC(C)(CC)NCC1(C)c1ccccc1. The third kappa shape index (κ3) is 3.07. The number of hydrogen-bond acceptors (Lipinski definition) is 2. The lowest BCUT2D eigenvalue weighted by atomic mass is 9.82. The molecule has 1 aliphatic rings. The Bertz CT molecular complexity index is 417. The van der Waals surface area contributed by atoms with Gasteiger partial charge in [0.1, 0.15) is 0 Å². The predicted octanol–water partition coefficient (Wildman–Crippen LogP) is 3.78. The van der Waals surface area contributed by atoms with Gasteiger partial charge in [-0.2, -0.15) is 0 Å². The summed E-state index contributed by atoms with van der Waals surface area (Å²) in [5, 5.41) is 3.80. The first-order valence-electron chi connectivity index (χ1n) is 8.10. The maximum Gasteiger partial charge on any atom is 0.0558 e. The van der Waals surface area contributed by atoms with E-state index in [9.17, 15) is 0 Å². The first-order chi connectivity index (χ1) is 9.54. The quantitative estimate of drug-likeness (QED) is 0.879. The average molecular weight is 274 g/mol. The van der Waals surface area contributed by atoms with E-state index < -0.39 is 0 Å². The summed E-state index contributed by atoms with van der Waals surface area (Å²) >= 11 is 0. The lowest BCUT2D eigenvalue weighted by Crippen LogP contribution is -2.66. The van der Waals surface area contributed by atoms with Crippen molar-refractivity contribution in [1.29, 1.82) is 0 Å². The highest BCUT2D eigenvalue weighted by atomic mass is 15.3. The summed E-state index contributed by atoms with van der Waals surface area (Å²) in [7, 11) is 0. The van der Waals surface area contributed by atoms with Crippen molar-refractivity contribution in [3.8, 4) is 0 Å². The molecule has 2 unspecified atom stereocenters. The maximum atomic E-state index is 3.80. The molecule has 0 spiro atoms. The summed E-state index contributed by atoms with van der Waals surface area (Å²) in [5.74, 6) is 0. The molecule has 1 saturated heterocycles. The van der Waals surface area contributed by atoms with Gasteiger partial charge < -0.3 is 5.32 Å². The second kappa shape index (κ2) is 6.28. The van der Waals surface area contributed by atoms with Crippen molar-refractivity contribution in [2.24, 2.45) is 0 Å². The maximum absolute atomic E-state index is 3.80. The van der Waals surface area contributed by atoms with Crippen LogP contribution in [0.25, 0.3) is 0 Å². The lowest BCUT2D eigenvalue weighted by Gasteiger charge is -2.52. The second-order valence-corrected chi connectivity index (χ2v) is 6.68. The van der Waals surface area contributed by atoms with E-state index in [1.54, 1.807) is 0 Å². The van der Waals surface area contributed by atoms with Crippen molar-refractivity contribution in [3.05, 3.63) is 35.9 Å². The molecule has 1 fully saturated rings. The molecule has 2 nitrogen and oxygen atoms in total. The molecule has 112 valence electrons. The van der Waals surface area contributed by atoms with Crippen molar-refractivity contribution in [3.63, 3.8) is 0 Å². The van der Waals surface area contributed by atoms with E-state index in [1.807, 2.05) is 0 Å². The van der Waals surface area contributed by atoms with E-state index in [2.05, 4.69) is 68.2 Å². The Morgan fingerprint density at radius 3 is 2.45 bits per heavy atom. The normalized spacial score (nSPS) is 31.4. The van der Waals surface area contributed by atoms with Crippen molar-refractivity contribution in [2.45, 2.75) is 58.0 Å². The monoisotopic (exact) mass is 274 g/mol. The van der Waals surface area contributed by atoms with Crippen LogP contribution in [0, 0.1) is 0 Å². The van der Waals surface area contributed by atoms with E-state index in [4.69, 9.17) is 0 Å². The summed E-state index contributed by atoms with van der Waals surface area (Å²) in [5.41, 5.74) is 1.80. The molecule has 0 aromatic heterocycles. The molecule has 2 heteroatoms. The third-order valence-corrected chi connectivity index (χ3v) is 5.05. The molecular formula is C18H30N2. The third-order valence-electron chi connectivity index (χ3n) is 5.05. The Kier molecular flexibility index (Phi) is 4.87. The van der Waals surface area contributed by atoms with E-state index >= 15 is 0 Å². The molecule has 0 aliphatic carbocycles. The van der Waals surface area contributed by atoms with Crippen LogP contribution in [0.3, 0.4) is 0 Å². The van der Waals surface area contributed by atoms with E-state index in [1.165, 1.54) is 31.4 Å². The van der Waals surface area contributed by atoms with Crippen LogP contribution < -0.4 is 5.32 Å². The minimum Gasteiger partial charge on any atom is -0.308 e. The number of nitrogens with one attached hydrogen (secondary N) is 1. The smallest absolute Gasteiger partial charge is 0.0558 e. The zero-order valence-electron chi connectivity index (χ0n) is 13.6. The standard InChI is InChI=1S/C18H30N2/c1-5-7-13-20-15-17(3,6-2)19-14-18(20,4)16-11-9-8-10-12-16/h8-12,19H,5-7,13-15H2,1-4H3. The Balaban J connectivity index is 2.26. The Labute approximate surface area is 124 Å². The van der Waals surface area contributed by atoms with Crippen LogP contribution in [0.15, 0.2) is 30.3 Å². The van der Waals surface area contributed by atoms with Gasteiger partial charge in [-0.1, -0.05) is 50.6 Å². The first-order valence-corrected chi connectivity index (χ1v) is 8.10. The Morgan fingerprint density at radius 2 is 1.85 bits per heavy atom. The number of unbranched alkanes of at least 4 members (excludes halogenated alkanes) is 1. The highest BCUT2D eigenvalue weighted by Crippen LogP contribution is 2.34. The zero-order chi connectivity index (χ0) is 14.6. The number of rotatable bonds is 5. The molecule has 1 aromatic rings. The van der Waals surface area contributed by atoms with Gasteiger partial charge in [0.15, 0.2) is 0 Å². The number of nitrogens with zero attached hydrogens (tertiary/aromatic N) is 1. The van der Waals surface area contributed by atoms with E-state index in [-0.39, 0.29) is 11.1 Å². The summed E-state index contributed by atoms with van der Waals surface area (Å²) in [6.07, 6.45) is 3.72. The predicted molar refractivity (Wildman–Crippen MR) is 87.0 cm³/mol. The summed E-state index contributed by atoms with van der Waals surface area (Å²) in [6, 6.07) is 11.0. The highest BCUT2D eigenvalue weighted by molar-refractivity contribution is 5.26. The molecule has 20 heavy (non-hydrogen) atoms. The molecule has 1 N–H and O–H groups in total. The molecule has 2 atom stereocenters. The lowest BCUT2D eigenvalue weighted by molar-refractivity contribution is 0.0158. The summed E-state index contributed by atoms with van der Waals surface area (Å²) < 4.78 is 0. The fourth-order valence-corrected chi connectivity index (χ4v) is 3.14. The van der Waals surface area contributed by atoms with Gasteiger partial charge in [-0.3, -0.25) is 4.90 Å². The van der Waals surface area contributed by atoms with E-state index in [0.29, 0.717) is 0 Å². The number of hydrogen-bond donors (Lipinski definition) is 1. The summed E-state index contributed by atoms with van der Waals surface area (Å²) in [4.78, 5) is 2.70. The van der Waals surface area contributed by atoms with Crippen LogP contribution >= 0.6 is 0 Å². The molecular weight excluding hydrogens is 244 g/mol. The summed E-state index contributed by atoms with van der Waals surface area (Å²) in [6.45, 7) is 12.7. The van der Waals surface area contributed by atoms with Gasteiger partial charge in [0.25, 0.3) is 0 Å². The zero-order valence-corrected chi connectivity index (χ0v) is 13.6. The first kappa shape index (κ1) is 15.5. The molecule has 2 rings (SSSR count). The molecule has 0 amide bonds. The largest absolute Gasteiger partial charge is 0.308 e. The number of piperazine rings is 1. The van der Waals surface area contributed by atoms with Gasteiger partial charge in [0.05, 0.1) is 5.54 Å². The fraction of sp³-hybridized carbons (Fsp3) is 0.667. The second-order valence-electron chi connectivity index (χ2n) is 6.68. The minimum absolute atomic E-state index is 0.116. The molecule has 1 aromatic carbocycles. The molecule has 1 aliphatic heterocycles. The Hall–Kier alpha value is -0.860. The van der Waals surface area contributed by atoms with Gasteiger partial charge in [0.2, 0.25) is 0 Å². The van der Waals surface area contributed by atoms with Crippen LogP contribution in [0.5, 0.6) is 0 Å². The fourth-order valence-electron chi connectivity index (χ4n) is 3.14. The van der Waals surface area contributed by atoms with Gasteiger partial charge in [-0.25, -0.2) is 0 Å². The minimum atomic E-state index is 0.116. The van der Waals surface area contributed by atoms with Crippen molar-refractivity contribution >= 4 is 0 Å². The molecule has 0 radical (unpaired) electrons. The van der Waals surface area contributed by atoms with Crippen molar-refractivity contribution < 1.29 is 0 Å². The molecule has 0 bridgehead atoms. The van der Waals surface area contributed by atoms with Gasteiger partial charge >= 0.3 is 0 Å². The topological polar surface area (TPSA) is 15.3 Å². The van der Waals surface area contributed by atoms with Crippen molar-refractivity contribution in [1.82, 2.24) is 10.2 Å². The van der Waals surface area contributed by atoms with Gasteiger partial charge in [0, 0.05) is 18.6 Å². The van der Waals surface area contributed by atoms with Crippen LogP contribution in [-0.4, -0.2) is 30.1 Å². The van der Waals surface area contributed by atoms with Crippen LogP contribution in [-0.2, 0) is 5.54 Å². The molecule has 1 heterocycles. The average Bonchev–Trinajstić information content (AvgIpc) is 2.49. The van der Waals surface area contributed by atoms with E-state index in [0.717, 1.165) is 13.1 Å². The van der Waals surface area contributed by atoms with Crippen LogP contribution in [0.1, 0.15) is 52.5 Å². The van der Waals surface area contributed by atoms with Gasteiger partial charge in [-0.15, -0.1) is 0 Å². The Morgan fingerprint density at radius 1 is 1.15 bits per heavy atom. The van der Waals surface area contributed by atoms with Crippen LogP contribution in [0.4, 0.5) is 0 Å².